The van der Waals surface area contributed by atoms with Crippen molar-refractivity contribution in [2.45, 2.75) is 16.8 Å². The molecule has 0 amide bonds. The van der Waals surface area contributed by atoms with Gasteiger partial charge >= 0.3 is 6.18 Å². The van der Waals surface area contributed by atoms with E-state index in [1.807, 2.05) is 0 Å². The number of halogens is 4. The highest BCUT2D eigenvalue weighted by atomic mass is 32.2. The molecule has 1 nitrogen and oxygen atoms in total. The summed E-state index contributed by atoms with van der Waals surface area (Å²) in [4.78, 5) is 0.436. The van der Waals surface area contributed by atoms with E-state index in [9.17, 15) is 21.8 Å². The predicted octanol–water partition coefficient (Wildman–Crippen LogP) is 4.15. The molecule has 0 aliphatic rings. The third kappa shape index (κ3) is 3.66. The van der Waals surface area contributed by atoms with Crippen LogP contribution in [-0.4, -0.2) is 4.21 Å². The molecule has 6 heteroatoms. The summed E-state index contributed by atoms with van der Waals surface area (Å²) in [5.41, 5.74) is -0.213. The Morgan fingerprint density at radius 1 is 0.900 bits per heavy atom. The summed E-state index contributed by atoms with van der Waals surface area (Å²) in [6.45, 7) is 0. The van der Waals surface area contributed by atoms with E-state index in [1.54, 1.807) is 0 Å². The highest BCUT2D eigenvalue weighted by Crippen LogP contribution is 2.29. The van der Waals surface area contributed by atoms with E-state index in [0.717, 1.165) is 12.1 Å². The first kappa shape index (κ1) is 14.7. The minimum atomic E-state index is -4.38. The van der Waals surface area contributed by atoms with Gasteiger partial charge < -0.3 is 0 Å². The zero-order valence-electron chi connectivity index (χ0n) is 10.2. The van der Waals surface area contributed by atoms with Crippen molar-refractivity contribution in [3.63, 3.8) is 0 Å². The minimum Gasteiger partial charge on any atom is -0.254 e. The summed E-state index contributed by atoms with van der Waals surface area (Å²) in [6, 6.07) is 9.69. The topological polar surface area (TPSA) is 17.1 Å². The molecule has 0 spiro atoms. The zero-order valence-corrected chi connectivity index (χ0v) is 11.0. The Morgan fingerprint density at radius 3 is 1.95 bits per heavy atom. The lowest BCUT2D eigenvalue weighted by atomic mass is 10.1. The van der Waals surface area contributed by atoms with E-state index in [2.05, 4.69) is 0 Å². The lowest BCUT2D eigenvalue weighted by Gasteiger charge is -2.07. The molecule has 0 aromatic heterocycles. The van der Waals surface area contributed by atoms with Crippen molar-refractivity contribution in [1.82, 2.24) is 0 Å². The number of hydrogen-bond donors (Lipinski definition) is 0. The smallest absolute Gasteiger partial charge is 0.254 e. The van der Waals surface area contributed by atoms with Gasteiger partial charge in [-0.1, -0.05) is 12.1 Å². The number of rotatable bonds is 3. The Labute approximate surface area is 115 Å². The molecule has 0 N–H and O–H groups in total. The Morgan fingerprint density at radius 2 is 1.45 bits per heavy atom. The first-order valence-electron chi connectivity index (χ1n) is 5.66. The molecule has 2 aromatic rings. The molecule has 106 valence electrons. The first-order chi connectivity index (χ1) is 9.36. The third-order valence-corrected chi connectivity index (χ3v) is 4.05. The molecule has 0 saturated carbocycles. The molecular formula is C14H10F4OS. The summed E-state index contributed by atoms with van der Waals surface area (Å²) in [5, 5.41) is 0. The molecule has 0 fully saturated rings. The van der Waals surface area contributed by atoms with Crippen LogP contribution in [0.4, 0.5) is 17.6 Å². The van der Waals surface area contributed by atoms with Crippen LogP contribution in [-0.2, 0) is 22.7 Å². The predicted molar refractivity (Wildman–Crippen MR) is 68.0 cm³/mol. The van der Waals surface area contributed by atoms with E-state index < -0.39 is 28.4 Å². The largest absolute Gasteiger partial charge is 0.416 e. The second-order valence-electron chi connectivity index (χ2n) is 4.14. The molecule has 0 heterocycles. The van der Waals surface area contributed by atoms with E-state index in [4.69, 9.17) is 0 Å². The summed E-state index contributed by atoms with van der Waals surface area (Å²) >= 11 is 0. The van der Waals surface area contributed by atoms with Gasteiger partial charge in [-0.2, -0.15) is 13.2 Å². The van der Waals surface area contributed by atoms with Crippen LogP contribution in [0.5, 0.6) is 0 Å². The van der Waals surface area contributed by atoms with Gasteiger partial charge in [-0.3, -0.25) is 4.21 Å². The maximum atomic E-state index is 12.7. The van der Waals surface area contributed by atoms with E-state index >= 15 is 0 Å². The normalized spacial score (nSPS) is 13.2. The van der Waals surface area contributed by atoms with Crippen LogP contribution in [0.1, 0.15) is 11.1 Å². The molecular weight excluding hydrogens is 292 g/mol. The van der Waals surface area contributed by atoms with Crippen molar-refractivity contribution in [3.8, 4) is 0 Å². The SMILES string of the molecule is O=S(Cc1ccc(C(F)(F)F)cc1)c1ccc(F)cc1. The molecule has 0 saturated heterocycles. The summed E-state index contributed by atoms with van der Waals surface area (Å²) in [7, 11) is -1.42. The van der Waals surface area contributed by atoms with Gasteiger partial charge in [-0.05, 0) is 42.0 Å². The molecule has 0 radical (unpaired) electrons. The monoisotopic (exact) mass is 302 g/mol. The summed E-state index contributed by atoms with van der Waals surface area (Å²) in [6.07, 6.45) is -4.38. The Balaban J connectivity index is 2.10. The lowest BCUT2D eigenvalue weighted by molar-refractivity contribution is -0.137. The van der Waals surface area contributed by atoms with Crippen LogP contribution >= 0.6 is 0 Å². The second kappa shape index (κ2) is 5.75. The van der Waals surface area contributed by atoms with Crippen LogP contribution < -0.4 is 0 Å². The fraction of sp³-hybridized carbons (Fsp3) is 0.143. The Bertz CT molecular complexity index is 603. The molecule has 2 rings (SSSR count). The van der Waals surface area contributed by atoms with Gasteiger partial charge in [0.05, 0.1) is 22.1 Å². The quantitative estimate of drug-likeness (QED) is 0.778. The fourth-order valence-electron chi connectivity index (χ4n) is 1.61. The maximum absolute atomic E-state index is 12.7. The highest BCUT2D eigenvalue weighted by molar-refractivity contribution is 7.84. The molecule has 2 aromatic carbocycles. The average Bonchev–Trinajstić information content (AvgIpc) is 2.39. The number of benzene rings is 2. The standard InChI is InChI=1S/C14H10F4OS/c15-12-5-7-13(8-6-12)20(19)9-10-1-3-11(4-2-10)14(16,17)18/h1-8H,9H2. The van der Waals surface area contributed by atoms with Crippen molar-refractivity contribution in [1.29, 1.82) is 0 Å². The lowest BCUT2D eigenvalue weighted by Crippen LogP contribution is -2.05. The van der Waals surface area contributed by atoms with Gasteiger partial charge in [-0.15, -0.1) is 0 Å². The summed E-state index contributed by atoms with van der Waals surface area (Å²) < 4.78 is 61.9. The molecule has 20 heavy (non-hydrogen) atoms. The van der Waals surface area contributed by atoms with Crippen molar-refractivity contribution in [2.24, 2.45) is 0 Å². The molecule has 0 bridgehead atoms. The number of hydrogen-bond acceptors (Lipinski definition) is 1. The van der Waals surface area contributed by atoms with E-state index in [1.165, 1.54) is 36.4 Å². The zero-order chi connectivity index (χ0) is 14.8. The van der Waals surface area contributed by atoms with Gasteiger partial charge in [0, 0.05) is 4.90 Å². The Hall–Kier alpha value is -1.69. The minimum absolute atomic E-state index is 0.0871. The molecule has 1 unspecified atom stereocenters. The number of alkyl halides is 3. The molecule has 0 aliphatic heterocycles. The van der Waals surface area contributed by atoms with Crippen molar-refractivity contribution >= 4 is 10.8 Å². The van der Waals surface area contributed by atoms with Gasteiger partial charge in [0.15, 0.2) is 0 Å². The Kier molecular flexibility index (Phi) is 4.23. The van der Waals surface area contributed by atoms with E-state index in [0.29, 0.717) is 10.5 Å². The van der Waals surface area contributed by atoms with Crippen molar-refractivity contribution in [2.75, 3.05) is 0 Å². The van der Waals surface area contributed by atoms with Crippen molar-refractivity contribution in [3.05, 3.63) is 65.5 Å². The highest BCUT2D eigenvalue weighted by Gasteiger charge is 2.29. The van der Waals surface area contributed by atoms with Gasteiger partial charge in [-0.25, -0.2) is 4.39 Å². The van der Waals surface area contributed by atoms with Crippen molar-refractivity contribution < 1.29 is 21.8 Å². The molecule has 0 aliphatic carbocycles. The van der Waals surface area contributed by atoms with Crippen LogP contribution in [0, 0.1) is 5.82 Å². The van der Waals surface area contributed by atoms with Gasteiger partial charge in [0.2, 0.25) is 0 Å². The maximum Gasteiger partial charge on any atom is 0.416 e. The first-order valence-corrected chi connectivity index (χ1v) is 6.98. The third-order valence-electron chi connectivity index (χ3n) is 2.66. The van der Waals surface area contributed by atoms with E-state index in [-0.39, 0.29) is 5.75 Å². The average molecular weight is 302 g/mol. The van der Waals surface area contributed by atoms with Crippen LogP contribution in [0.25, 0.3) is 0 Å². The molecule has 1 atom stereocenters. The summed E-state index contributed by atoms with van der Waals surface area (Å²) in [5.74, 6) is -0.343. The van der Waals surface area contributed by atoms with Gasteiger partial charge in [0.1, 0.15) is 5.82 Å². The van der Waals surface area contributed by atoms with Crippen LogP contribution in [0.3, 0.4) is 0 Å². The van der Waals surface area contributed by atoms with Crippen LogP contribution in [0.2, 0.25) is 0 Å². The van der Waals surface area contributed by atoms with Gasteiger partial charge in [0.25, 0.3) is 0 Å². The van der Waals surface area contributed by atoms with Crippen LogP contribution in [0.15, 0.2) is 53.4 Å². The second-order valence-corrected chi connectivity index (χ2v) is 5.59. The fourth-order valence-corrected chi connectivity index (χ4v) is 2.71.